The quantitative estimate of drug-likeness (QED) is 0.658. The van der Waals surface area contributed by atoms with Gasteiger partial charge in [0.2, 0.25) is 5.91 Å². The van der Waals surface area contributed by atoms with Gasteiger partial charge in [0, 0.05) is 12.0 Å². The molecule has 4 heteroatoms. The third-order valence-electron chi connectivity index (χ3n) is 1.97. The maximum atomic E-state index is 11.5. The Kier molecular flexibility index (Phi) is 5.67. The van der Waals surface area contributed by atoms with Crippen LogP contribution in [-0.2, 0) is 9.59 Å². The van der Waals surface area contributed by atoms with Crippen LogP contribution in [0.15, 0.2) is 12.2 Å². The van der Waals surface area contributed by atoms with Crippen LogP contribution in [0.4, 0.5) is 0 Å². The number of nitrogens with one attached hydrogen (secondary N) is 1. The molecule has 0 aliphatic rings. The molecule has 0 radical (unpaired) electrons. The van der Waals surface area contributed by atoms with E-state index in [9.17, 15) is 9.59 Å². The van der Waals surface area contributed by atoms with Crippen molar-refractivity contribution in [3.8, 4) is 0 Å². The summed E-state index contributed by atoms with van der Waals surface area (Å²) < 4.78 is 0. The average molecular weight is 213 g/mol. The monoisotopic (exact) mass is 213 g/mol. The molecule has 2 unspecified atom stereocenters. The van der Waals surface area contributed by atoms with Gasteiger partial charge in [0.1, 0.15) is 0 Å². The van der Waals surface area contributed by atoms with Crippen molar-refractivity contribution in [3.05, 3.63) is 12.2 Å². The van der Waals surface area contributed by atoms with E-state index in [0.717, 1.165) is 5.57 Å². The second-order valence-corrected chi connectivity index (χ2v) is 4.07. The van der Waals surface area contributed by atoms with Gasteiger partial charge in [-0.3, -0.25) is 9.59 Å². The first-order valence-electron chi connectivity index (χ1n) is 4.99. The summed E-state index contributed by atoms with van der Waals surface area (Å²) in [5.41, 5.74) is 0.948. The van der Waals surface area contributed by atoms with Gasteiger partial charge in [0.05, 0.1) is 6.42 Å². The molecule has 2 atom stereocenters. The highest BCUT2D eigenvalue weighted by Gasteiger charge is 2.16. The zero-order valence-electron chi connectivity index (χ0n) is 9.54. The Balaban J connectivity index is 4.01. The summed E-state index contributed by atoms with van der Waals surface area (Å²) in [6.07, 6.45) is 0.581. The van der Waals surface area contributed by atoms with Gasteiger partial charge in [-0.25, -0.2) is 0 Å². The molecule has 86 valence electrons. The van der Waals surface area contributed by atoms with Crippen molar-refractivity contribution >= 4 is 11.9 Å². The molecular formula is C11H19NO3. The van der Waals surface area contributed by atoms with E-state index in [-0.39, 0.29) is 24.3 Å². The van der Waals surface area contributed by atoms with Gasteiger partial charge in [-0.05, 0) is 20.3 Å². The molecule has 4 nitrogen and oxygen atoms in total. The molecule has 0 bridgehead atoms. The lowest BCUT2D eigenvalue weighted by Crippen LogP contribution is -2.37. The average Bonchev–Trinajstić information content (AvgIpc) is 2.00. The van der Waals surface area contributed by atoms with E-state index in [1.54, 1.807) is 13.8 Å². The zero-order valence-corrected chi connectivity index (χ0v) is 9.54. The molecule has 0 heterocycles. The van der Waals surface area contributed by atoms with Crippen molar-refractivity contribution in [1.29, 1.82) is 0 Å². The van der Waals surface area contributed by atoms with E-state index >= 15 is 0 Å². The third kappa shape index (κ3) is 6.71. The van der Waals surface area contributed by atoms with Crippen LogP contribution in [0.1, 0.15) is 33.6 Å². The van der Waals surface area contributed by atoms with E-state index in [4.69, 9.17) is 5.11 Å². The van der Waals surface area contributed by atoms with Crippen LogP contribution in [0, 0.1) is 5.92 Å². The topological polar surface area (TPSA) is 66.4 Å². The van der Waals surface area contributed by atoms with E-state index < -0.39 is 5.97 Å². The summed E-state index contributed by atoms with van der Waals surface area (Å²) in [5, 5.41) is 11.2. The van der Waals surface area contributed by atoms with Crippen molar-refractivity contribution in [2.45, 2.75) is 39.7 Å². The molecule has 0 aliphatic heterocycles. The number of hydrogen-bond donors (Lipinski definition) is 2. The Labute approximate surface area is 90.4 Å². The molecule has 0 aromatic rings. The standard InChI is InChI=1S/C11H19NO3/c1-7(2)5-8(3)11(15)12-9(4)6-10(13)14/h8-9H,1,5-6H2,2-4H3,(H,12,15)(H,13,14). The maximum Gasteiger partial charge on any atom is 0.305 e. The van der Waals surface area contributed by atoms with Crippen LogP contribution in [-0.4, -0.2) is 23.0 Å². The van der Waals surface area contributed by atoms with Gasteiger partial charge < -0.3 is 10.4 Å². The van der Waals surface area contributed by atoms with Crippen molar-refractivity contribution in [3.63, 3.8) is 0 Å². The number of carbonyl (C=O) groups excluding carboxylic acids is 1. The largest absolute Gasteiger partial charge is 0.481 e. The normalized spacial score (nSPS) is 14.1. The smallest absolute Gasteiger partial charge is 0.305 e. The van der Waals surface area contributed by atoms with Gasteiger partial charge in [0.25, 0.3) is 0 Å². The van der Waals surface area contributed by atoms with Gasteiger partial charge in [-0.15, -0.1) is 6.58 Å². The van der Waals surface area contributed by atoms with Crippen molar-refractivity contribution in [2.75, 3.05) is 0 Å². The summed E-state index contributed by atoms with van der Waals surface area (Å²) in [5.74, 6) is -1.18. The van der Waals surface area contributed by atoms with Crippen LogP contribution in [0.3, 0.4) is 0 Å². The minimum absolute atomic E-state index is 0.0501. The lowest BCUT2D eigenvalue weighted by molar-refractivity contribution is -0.137. The number of allylic oxidation sites excluding steroid dienone is 1. The molecule has 15 heavy (non-hydrogen) atoms. The molecule has 0 fully saturated rings. The highest BCUT2D eigenvalue weighted by Crippen LogP contribution is 2.09. The number of rotatable bonds is 6. The number of carbonyl (C=O) groups is 2. The van der Waals surface area contributed by atoms with Gasteiger partial charge in [0.15, 0.2) is 0 Å². The Hall–Kier alpha value is -1.32. The van der Waals surface area contributed by atoms with Crippen LogP contribution in [0.25, 0.3) is 0 Å². The van der Waals surface area contributed by atoms with Crippen molar-refractivity contribution < 1.29 is 14.7 Å². The van der Waals surface area contributed by atoms with E-state index in [2.05, 4.69) is 11.9 Å². The Morgan fingerprint density at radius 1 is 1.33 bits per heavy atom. The first-order chi connectivity index (χ1) is 6.82. The SMILES string of the molecule is C=C(C)CC(C)C(=O)NC(C)CC(=O)O. The van der Waals surface area contributed by atoms with Crippen LogP contribution >= 0.6 is 0 Å². The molecule has 0 rings (SSSR count). The van der Waals surface area contributed by atoms with Crippen LogP contribution in [0.5, 0.6) is 0 Å². The number of aliphatic carboxylic acids is 1. The Morgan fingerprint density at radius 2 is 1.87 bits per heavy atom. The van der Waals surface area contributed by atoms with E-state index in [1.165, 1.54) is 0 Å². The molecule has 2 N–H and O–H groups in total. The number of carboxylic acid groups (broad SMARTS) is 1. The first-order valence-corrected chi connectivity index (χ1v) is 4.99. The van der Waals surface area contributed by atoms with Gasteiger partial charge in [-0.1, -0.05) is 12.5 Å². The summed E-state index contributed by atoms with van der Waals surface area (Å²) in [4.78, 5) is 21.9. The van der Waals surface area contributed by atoms with Crippen LogP contribution < -0.4 is 5.32 Å². The molecule has 0 aromatic carbocycles. The lowest BCUT2D eigenvalue weighted by atomic mass is 10.0. The Morgan fingerprint density at radius 3 is 2.27 bits per heavy atom. The number of carboxylic acids is 1. The predicted molar refractivity (Wildman–Crippen MR) is 58.5 cm³/mol. The Bertz CT molecular complexity index is 261. The minimum Gasteiger partial charge on any atom is -0.481 e. The first kappa shape index (κ1) is 13.7. The van der Waals surface area contributed by atoms with E-state index in [1.807, 2.05) is 6.92 Å². The summed E-state index contributed by atoms with van der Waals surface area (Å²) in [6, 6.07) is -0.331. The number of amides is 1. The fraction of sp³-hybridized carbons (Fsp3) is 0.636. The zero-order chi connectivity index (χ0) is 12.0. The van der Waals surface area contributed by atoms with Crippen molar-refractivity contribution in [1.82, 2.24) is 5.32 Å². The molecule has 0 aromatic heterocycles. The van der Waals surface area contributed by atoms with Crippen LogP contribution in [0.2, 0.25) is 0 Å². The maximum absolute atomic E-state index is 11.5. The summed E-state index contributed by atoms with van der Waals surface area (Å²) in [6.45, 7) is 9.08. The summed E-state index contributed by atoms with van der Waals surface area (Å²) in [7, 11) is 0. The second kappa shape index (κ2) is 6.22. The molecule has 0 aliphatic carbocycles. The minimum atomic E-state index is -0.907. The fourth-order valence-corrected chi connectivity index (χ4v) is 1.31. The lowest BCUT2D eigenvalue weighted by Gasteiger charge is -2.16. The molecule has 1 amide bonds. The fourth-order valence-electron chi connectivity index (χ4n) is 1.31. The summed E-state index contributed by atoms with van der Waals surface area (Å²) >= 11 is 0. The molecule has 0 spiro atoms. The van der Waals surface area contributed by atoms with Gasteiger partial charge in [-0.2, -0.15) is 0 Å². The highest BCUT2D eigenvalue weighted by molar-refractivity contribution is 5.79. The number of hydrogen-bond acceptors (Lipinski definition) is 2. The van der Waals surface area contributed by atoms with Crippen molar-refractivity contribution in [2.24, 2.45) is 5.92 Å². The van der Waals surface area contributed by atoms with E-state index in [0.29, 0.717) is 6.42 Å². The van der Waals surface area contributed by atoms with Gasteiger partial charge >= 0.3 is 5.97 Å². The predicted octanol–water partition coefficient (Wildman–Crippen LogP) is 1.57. The molecule has 0 saturated heterocycles. The second-order valence-electron chi connectivity index (χ2n) is 4.07. The molecule has 0 saturated carbocycles. The molecular weight excluding hydrogens is 194 g/mol. The third-order valence-corrected chi connectivity index (χ3v) is 1.97. The highest BCUT2D eigenvalue weighted by atomic mass is 16.4.